The van der Waals surface area contributed by atoms with Crippen molar-refractivity contribution in [2.24, 2.45) is 0 Å². The SMILES string of the molecule is CCN(CCO)c1cccc(F)c1C(C)=O. The molecule has 1 aromatic carbocycles. The quantitative estimate of drug-likeness (QED) is 0.777. The Bertz CT molecular complexity index is 379. The molecule has 0 aliphatic carbocycles. The van der Waals surface area contributed by atoms with Crippen molar-refractivity contribution in [1.29, 1.82) is 0 Å². The van der Waals surface area contributed by atoms with Crippen molar-refractivity contribution in [2.75, 3.05) is 24.6 Å². The van der Waals surface area contributed by atoms with Crippen LogP contribution in [0.4, 0.5) is 10.1 Å². The molecular weight excluding hydrogens is 209 g/mol. The molecule has 88 valence electrons. The van der Waals surface area contributed by atoms with Crippen LogP contribution in [0.2, 0.25) is 0 Å². The second kappa shape index (κ2) is 5.61. The number of hydrogen-bond acceptors (Lipinski definition) is 3. The fraction of sp³-hybridized carbons (Fsp3) is 0.417. The Morgan fingerprint density at radius 2 is 2.19 bits per heavy atom. The van der Waals surface area contributed by atoms with E-state index in [-0.39, 0.29) is 18.0 Å². The molecular formula is C12H16FNO2. The van der Waals surface area contributed by atoms with E-state index in [1.54, 1.807) is 17.0 Å². The van der Waals surface area contributed by atoms with E-state index >= 15 is 0 Å². The van der Waals surface area contributed by atoms with Crippen molar-refractivity contribution >= 4 is 11.5 Å². The Labute approximate surface area is 94.5 Å². The molecule has 1 rings (SSSR count). The third kappa shape index (κ3) is 2.58. The first-order valence-electron chi connectivity index (χ1n) is 5.27. The van der Waals surface area contributed by atoms with Gasteiger partial charge in [0.05, 0.1) is 17.9 Å². The van der Waals surface area contributed by atoms with E-state index in [2.05, 4.69) is 0 Å². The van der Waals surface area contributed by atoms with Gasteiger partial charge in [-0.1, -0.05) is 6.07 Å². The highest BCUT2D eigenvalue weighted by molar-refractivity contribution is 6.00. The van der Waals surface area contributed by atoms with Gasteiger partial charge in [0.15, 0.2) is 5.78 Å². The van der Waals surface area contributed by atoms with Crippen molar-refractivity contribution in [3.63, 3.8) is 0 Å². The number of ketones is 1. The highest BCUT2D eigenvalue weighted by Gasteiger charge is 2.16. The largest absolute Gasteiger partial charge is 0.395 e. The highest BCUT2D eigenvalue weighted by Crippen LogP contribution is 2.23. The summed E-state index contributed by atoms with van der Waals surface area (Å²) in [6.07, 6.45) is 0. The average molecular weight is 225 g/mol. The minimum Gasteiger partial charge on any atom is -0.395 e. The molecule has 0 spiro atoms. The van der Waals surface area contributed by atoms with E-state index in [1.807, 2.05) is 6.92 Å². The maximum absolute atomic E-state index is 13.5. The van der Waals surface area contributed by atoms with Crippen molar-refractivity contribution in [1.82, 2.24) is 0 Å². The zero-order valence-electron chi connectivity index (χ0n) is 9.53. The van der Waals surface area contributed by atoms with Crippen molar-refractivity contribution in [2.45, 2.75) is 13.8 Å². The van der Waals surface area contributed by atoms with Gasteiger partial charge >= 0.3 is 0 Å². The monoisotopic (exact) mass is 225 g/mol. The molecule has 0 amide bonds. The zero-order chi connectivity index (χ0) is 12.1. The molecule has 0 saturated heterocycles. The molecule has 0 heterocycles. The van der Waals surface area contributed by atoms with Crippen LogP contribution in [0, 0.1) is 5.82 Å². The summed E-state index contributed by atoms with van der Waals surface area (Å²) in [7, 11) is 0. The van der Waals surface area contributed by atoms with Gasteiger partial charge in [-0.2, -0.15) is 0 Å². The van der Waals surface area contributed by atoms with Crippen LogP contribution >= 0.6 is 0 Å². The smallest absolute Gasteiger partial charge is 0.164 e. The molecule has 0 saturated carbocycles. The summed E-state index contributed by atoms with van der Waals surface area (Å²) in [5, 5.41) is 8.91. The Morgan fingerprint density at radius 1 is 1.50 bits per heavy atom. The van der Waals surface area contributed by atoms with Crippen LogP contribution in [0.1, 0.15) is 24.2 Å². The maximum Gasteiger partial charge on any atom is 0.164 e. The molecule has 0 aliphatic rings. The van der Waals surface area contributed by atoms with Gasteiger partial charge in [0.25, 0.3) is 0 Å². The molecule has 0 radical (unpaired) electrons. The van der Waals surface area contributed by atoms with Gasteiger partial charge in [-0.05, 0) is 26.0 Å². The number of likely N-dealkylation sites (N-methyl/N-ethyl adjacent to an activating group) is 1. The average Bonchev–Trinajstić information content (AvgIpc) is 2.25. The fourth-order valence-electron chi connectivity index (χ4n) is 1.69. The number of nitrogens with zero attached hydrogens (tertiary/aromatic N) is 1. The van der Waals surface area contributed by atoms with Crippen molar-refractivity contribution in [3.05, 3.63) is 29.6 Å². The third-order valence-electron chi connectivity index (χ3n) is 2.44. The summed E-state index contributed by atoms with van der Waals surface area (Å²) in [4.78, 5) is 13.2. The van der Waals surface area contributed by atoms with Crippen LogP contribution in [0.3, 0.4) is 0 Å². The predicted molar refractivity (Wildman–Crippen MR) is 61.4 cm³/mol. The number of rotatable bonds is 5. The zero-order valence-corrected chi connectivity index (χ0v) is 9.53. The Balaban J connectivity index is 3.20. The highest BCUT2D eigenvalue weighted by atomic mass is 19.1. The summed E-state index contributed by atoms with van der Waals surface area (Å²) in [6.45, 7) is 4.21. The van der Waals surface area contributed by atoms with Crippen molar-refractivity contribution in [3.8, 4) is 0 Å². The van der Waals surface area contributed by atoms with Crippen LogP contribution in [0.5, 0.6) is 0 Å². The van der Waals surface area contributed by atoms with Gasteiger partial charge in [-0.15, -0.1) is 0 Å². The summed E-state index contributed by atoms with van der Waals surface area (Å²) in [6, 6.07) is 4.53. The van der Waals surface area contributed by atoms with Crippen LogP contribution in [-0.4, -0.2) is 30.6 Å². The molecule has 0 atom stereocenters. The van der Waals surface area contributed by atoms with E-state index in [9.17, 15) is 9.18 Å². The molecule has 16 heavy (non-hydrogen) atoms. The molecule has 1 aromatic rings. The summed E-state index contributed by atoms with van der Waals surface area (Å²) < 4.78 is 13.5. The minimum absolute atomic E-state index is 0.0261. The normalized spacial score (nSPS) is 10.2. The molecule has 0 fully saturated rings. The van der Waals surface area contributed by atoms with Gasteiger partial charge < -0.3 is 10.0 Å². The third-order valence-corrected chi connectivity index (χ3v) is 2.44. The first-order chi connectivity index (χ1) is 7.61. The van der Waals surface area contributed by atoms with E-state index in [0.29, 0.717) is 18.8 Å². The lowest BCUT2D eigenvalue weighted by atomic mass is 10.1. The number of Topliss-reactive ketones (excluding diaryl/α,β-unsaturated/α-hetero) is 1. The van der Waals surface area contributed by atoms with Crippen LogP contribution < -0.4 is 4.90 Å². The predicted octanol–water partition coefficient (Wildman–Crippen LogP) is 1.85. The van der Waals surface area contributed by atoms with E-state index < -0.39 is 5.82 Å². The Kier molecular flexibility index (Phi) is 4.43. The van der Waals surface area contributed by atoms with E-state index in [4.69, 9.17) is 5.11 Å². The second-order valence-corrected chi connectivity index (χ2v) is 3.49. The Morgan fingerprint density at radius 3 is 2.69 bits per heavy atom. The Hall–Kier alpha value is -1.42. The molecule has 1 N–H and O–H groups in total. The number of halogens is 1. The van der Waals surface area contributed by atoms with Gasteiger partial charge in [0.1, 0.15) is 5.82 Å². The van der Waals surface area contributed by atoms with Crippen LogP contribution in [-0.2, 0) is 0 Å². The summed E-state index contributed by atoms with van der Waals surface area (Å²) in [5.74, 6) is -0.814. The lowest BCUT2D eigenvalue weighted by molar-refractivity contribution is 0.101. The number of anilines is 1. The lowest BCUT2D eigenvalue weighted by Gasteiger charge is -2.24. The van der Waals surface area contributed by atoms with Crippen LogP contribution in [0.25, 0.3) is 0 Å². The number of carbonyl (C=O) groups is 1. The van der Waals surface area contributed by atoms with Gasteiger partial charge in [0.2, 0.25) is 0 Å². The van der Waals surface area contributed by atoms with Crippen molar-refractivity contribution < 1.29 is 14.3 Å². The van der Waals surface area contributed by atoms with E-state index in [1.165, 1.54) is 13.0 Å². The minimum atomic E-state index is -0.513. The first kappa shape index (κ1) is 12.6. The van der Waals surface area contributed by atoms with Gasteiger partial charge in [-0.25, -0.2) is 4.39 Å². The number of benzene rings is 1. The molecule has 0 aromatic heterocycles. The maximum atomic E-state index is 13.5. The molecule has 3 nitrogen and oxygen atoms in total. The topological polar surface area (TPSA) is 40.5 Å². The molecule has 0 bridgehead atoms. The molecule has 0 aliphatic heterocycles. The van der Waals surface area contributed by atoms with Crippen LogP contribution in [0.15, 0.2) is 18.2 Å². The number of aliphatic hydroxyl groups is 1. The standard InChI is InChI=1S/C12H16FNO2/c1-3-14(7-8-15)11-6-4-5-10(13)12(11)9(2)16/h4-6,15H,3,7-8H2,1-2H3. The first-order valence-corrected chi connectivity index (χ1v) is 5.27. The lowest BCUT2D eigenvalue weighted by Crippen LogP contribution is -2.28. The number of hydrogen-bond donors (Lipinski definition) is 1. The molecule has 0 unspecified atom stereocenters. The number of aliphatic hydroxyl groups excluding tert-OH is 1. The number of carbonyl (C=O) groups excluding carboxylic acids is 1. The molecule has 4 heteroatoms. The summed E-state index contributed by atoms with van der Waals surface area (Å²) >= 11 is 0. The van der Waals surface area contributed by atoms with Gasteiger partial charge in [0, 0.05) is 13.1 Å². The summed E-state index contributed by atoms with van der Waals surface area (Å²) in [5.41, 5.74) is 0.641. The van der Waals surface area contributed by atoms with Gasteiger partial charge in [-0.3, -0.25) is 4.79 Å². The van der Waals surface area contributed by atoms with E-state index in [0.717, 1.165) is 0 Å². The second-order valence-electron chi connectivity index (χ2n) is 3.49. The fourth-order valence-corrected chi connectivity index (χ4v) is 1.69.